The number of nitrogen functional groups attached to an aromatic ring is 1. The Kier molecular flexibility index (Phi) is 11.8. The molecule has 0 bridgehead atoms. The maximum Gasteiger partial charge on any atom is 0.234 e. The summed E-state index contributed by atoms with van der Waals surface area (Å²) in [6.07, 6.45) is 8.70. The van der Waals surface area contributed by atoms with Crippen molar-refractivity contribution >= 4 is 44.9 Å². The third-order valence-electron chi connectivity index (χ3n) is 12.0. The third-order valence-corrected chi connectivity index (χ3v) is 14.5. The Hall–Kier alpha value is -5.16. The molecule has 2 aromatic carbocycles. The number of likely N-dealkylation sites (tertiary alicyclic amines) is 1. The average molecular weight is 838 g/mol. The fourth-order valence-corrected chi connectivity index (χ4v) is 10.8. The summed E-state index contributed by atoms with van der Waals surface area (Å²) >= 11 is 1.36. The number of aromatic nitrogens is 4. The largest absolute Gasteiger partial charge is 0.368 e. The first-order valence-electron chi connectivity index (χ1n) is 20.2. The van der Waals surface area contributed by atoms with Gasteiger partial charge in [0.05, 0.1) is 22.2 Å². The molecule has 0 aliphatic carbocycles. The van der Waals surface area contributed by atoms with Crippen LogP contribution in [0.5, 0.6) is 0 Å². The van der Waals surface area contributed by atoms with E-state index in [1.165, 1.54) is 29.2 Å². The number of piperidine rings is 3. The monoisotopic (exact) mass is 837 g/mol. The number of nitrogens with one attached hydrogen (secondary N) is 1. The van der Waals surface area contributed by atoms with E-state index in [-0.39, 0.29) is 41.2 Å². The van der Waals surface area contributed by atoms with Gasteiger partial charge in [-0.15, -0.1) is 11.3 Å². The number of hydrogen-bond donors (Lipinski definition) is 3. The van der Waals surface area contributed by atoms with Crippen LogP contribution in [0.4, 0.5) is 16.2 Å². The van der Waals surface area contributed by atoms with Crippen LogP contribution in [0.15, 0.2) is 73.1 Å². The highest BCUT2D eigenvalue weighted by Gasteiger charge is 2.31. The summed E-state index contributed by atoms with van der Waals surface area (Å²) in [5.74, 6) is 0.636. The summed E-state index contributed by atoms with van der Waals surface area (Å²) in [6, 6.07) is 18.8. The van der Waals surface area contributed by atoms with Crippen molar-refractivity contribution in [2.75, 3.05) is 43.4 Å². The quantitative estimate of drug-likeness (QED) is 0.125. The molecule has 5 N–H and O–H groups in total. The molecule has 3 aromatic heterocycles. The Morgan fingerprint density at radius 1 is 0.915 bits per heavy atom. The minimum atomic E-state index is -4.05. The van der Waals surface area contributed by atoms with Crippen molar-refractivity contribution in [2.24, 2.45) is 11.1 Å². The van der Waals surface area contributed by atoms with E-state index in [1.54, 1.807) is 31.3 Å². The SMILES string of the molecule is CCC(c1cccc(-c2nc(-c3ccc(C4CCN(CC5CCN(c6ccc(C7CCC(=O)NC7=O)cn6)CC5)CC4)cc3)sc2-c2ccnc(N)n2)c1F)S(N)(=O)=O. The number of primary sulfonamides is 1. The van der Waals surface area contributed by atoms with Crippen LogP contribution in [-0.2, 0) is 19.6 Å². The zero-order valence-electron chi connectivity index (χ0n) is 32.9. The van der Waals surface area contributed by atoms with Gasteiger partial charge < -0.3 is 15.5 Å². The highest BCUT2D eigenvalue weighted by atomic mass is 32.2. The summed E-state index contributed by atoms with van der Waals surface area (Å²) in [5.41, 5.74) is 9.95. The van der Waals surface area contributed by atoms with E-state index >= 15 is 4.39 Å². The highest BCUT2D eigenvalue weighted by molar-refractivity contribution is 7.89. The summed E-state index contributed by atoms with van der Waals surface area (Å²) in [7, 11) is -4.05. The van der Waals surface area contributed by atoms with E-state index in [0.29, 0.717) is 46.0 Å². The molecule has 8 rings (SSSR count). The fourth-order valence-electron chi connectivity index (χ4n) is 8.77. The van der Waals surface area contributed by atoms with Crippen LogP contribution in [0.3, 0.4) is 0 Å². The fraction of sp³-hybridized carbons (Fsp3) is 0.395. The number of benzene rings is 2. The van der Waals surface area contributed by atoms with Gasteiger partial charge in [-0.3, -0.25) is 14.9 Å². The lowest BCUT2D eigenvalue weighted by atomic mass is 9.88. The van der Waals surface area contributed by atoms with E-state index in [2.05, 4.69) is 54.3 Å². The summed E-state index contributed by atoms with van der Waals surface area (Å²) < 4.78 is 41.0. The second kappa shape index (κ2) is 17.2. The van der Waals surface area contributed by atoms with E-state index in [4.69, 9.17) is 15.9 Å². The second-order valence-corrected chi connectivity index (χ2v) is 18.5. The molecule has 3 saturated heterocycles. The number of sulfonamides is 1. The average Bonchev–Trinajstić information content (AvgIpc) is 3.68. The van der Waals surface area contributed by atoms with Gasteiger partial charge in [-0.25, -0.2) is 37.9 Å². The maximum atomic E-state index is 16.3. The van der Waals surface area contributed by atoms with Crippen LogP contribution in [0, 0.1) is 11.7 Å². The van der Waals surface area contributed by atoms with Gasteiger partial charge in [-0.1, -0.05) is 49.4 Å². The number of thiazole rings is 1. The number of carbonyl (C=O) groups is 2. The molecule has 2 unspecified atom stereocenters. The summed E-state index contributed by atoms with van der Waals surface area (Å²) in [6.45, 7) is 6.75. The first-order chi connectivity index (χ1) is 28.4. The zero-order chi connectivity index (χ0) is 41.3. The third kappa shape index (κ3) is 8.91. The Morgan fingerprint density at radius 3 is 2.32 bits per heavy atom. The van der Waals surface area contributed by atoms with E-state index in [0.717, 1.165) is 75.4 Å². The van der Waals surface area contributed by atoms with Gasteiger partial charge in [0.1, 0.15) is 21.9 Å². The van der Waals surface area contributed by atoms with E-state index in [9.17, 15) is 18.0 Å². The molecule has 2 amide bonds. The number of hydrogen-bond acceptors (Lipinski definition) is 12. The molecular weight excluding hydrogens is 790 g/mol. The number of halogens is 1. The first kappa shape index (κ1) is 40.6. The molecule has 0 saturated carbocycles. The summed E-state index contributed by atoms with van der Waals surface area (Å²) in [5, 5.41) is 7.40. The molecule has 3 aliphatic rings. The van der Waals surface area contributed by atoms with Gasteiger partial charge in [-0.2, -0.15) is 0 Å². The minimum Gasteiger partial charge on any atom is -0.368 e. The van der Waals surface area contributed by atoms with Crippen LogP contribution in [0.1, 0.15) is 85.6 Å². The minimum absolute atomic E-state index is 0.00116. The summed E-state index contributed by atoms with van der Waals surface area (Å²) in [4.78, 5) is 47.4. The van der Waals surface area contributed by atoms with Gasteiger partial charge in [-0.05, 0) is 92.8 Å². The van der Waals surface area contributed by atoms with Crippen molar-refractivity contribution in [3.8, 4) is 32.4 Å². The number of pyridine rings is 1. The molecule has 308 valence electrons. The smallest absolute Gasteiger partial charge is 0.234 e. The van der Waals surface area contributed by atoms with Crippen molar-refractivity contribution in [1.29, 1.82) is 0 Å². The molecule has 13 nitrogen and oxygen atoms in total. The molecule has 59 heavy (non-hydrogen) atoms. The first-order valence-corrected chi connectivity index (χ1v) is 22.6. The topological polar surface area (TPSA) is 190 Å². The Balaban J connectivity index is 0.893. The zero-order valence-corrected chi connectivity index (χ0v) is 34.5. The maximum absolute atomic E-state index is 16.3. The van der Waals surface area contributed by atoms with Crippen molar-refractivity contribution in [1.82, 2.24) is 30.2 Å². The molecule has 6 heterocycles. The Bertz CT molecular complexity index is 2430. The number of nitrogens with zero attached hydrogens (tertiary/aromatic N) is 6. The lowest BCUT2D eigenvalue weighted by Crippen LogP contribution is -2.41. The van der Waals surface area contributed by atoms with Crippen molar-refractivity contribution in [2.45, 2.75) is 69.0 Å². The Morgan fingerprint density at radius 2 is 1.66 bits per heavy atom. The number of imide groups is 1. The van der Waals surface area contributed by atoms with Crippen LogP contribution < -0.4 is 21.1 Å². The molecule has 3 fully saturated rings. The lowest BCUT2D eigenvalue weighted by molar-refractivity contribution is -0.134. The second-order valence-electron chi connectivity index (χ2n) is 15.8. The lowest BCUT2D eigenvalue weighted by Gasteiger charge is -2.38. The van der Waals surface area contributed by atoms with Gasteiger partial charge in [0.25, 0.3) is 0 Å². The molecule has 16 heteroatoms. The van der Waals surface area contributed by atoms with Gasteiger partial charge in [0, 0.05) is 55.1 Å². The van der Waals surface area contributed by atoms with Gasteiger partial charge >= 0.3 is 0 Å². The number of rotatable bonds is 11. The van der Waals surface area contributed by atoms with Crippen LogP contribution in [-0.4, -0.2) is 77.8 Å². The number of carbonyl (C=O) groups excluding carboxylic acids is 2. The number of nitrogens with two attached hydrogens (primary N) is 2. The van der Waals surface area contributed by atoms with Crippen LogP contribution >= 0.6 is 11.3 Å². The normalized spacial score (nSPS) is 19.2. The number of anilines is 2. The van der Waals surface area contributed by atoms with Crippen LogP contribution in [0.2, 0.25) is 0 Å². The molecule has 0 spiro atoms. The Labute approximate surface area is 347 Å². The highest BCUT2D eigenvalue weighted by Crippen LogP contribution is 2.43. The predicted molar refractivity (Wildman–Crippen MR) is 227 cm³/mol. The van der Waals surface area contributed by atoms with Crippen molar-refractivity contribution in [3.63, 3.8) is 0 Å². The van der Waals surface area contributed by atoms with Gasteiger partial charge in [0.2, 0.25) is 27.8 Å². The van der Waals surface area contributed by atoms with E-state index < -0.39 is 21.1 Å². The standard InChI is InChI=1S/C43H48FN9O4S2/c1-2-35(59(46,56)57)32-4-3-5-33(38(32)44)39-40(34-14-19-47-43(45)49-34)58-42(51-39)29-8-6-27(7-9-29)28-17-20-52(21-18-28)25-26-15-22-53(23-16-26)36-12-10-30(24-48-36)31-11-13-37(54)50-41(31)55/h3-10,12,14,19,24,26,28,31,35H,2,11,13,15-18,20-23,25H2,1H3,(H2,45,47,49)(H2,46,56,57)(H,50,54,55). The predicted octanol–water partition coefficient (Wildman–Crippen LogP) is 6.41. The molecule has 0 radical (unpaired) electrons. The van der Waals surface area contributed by atoms with E-state index in [1.807, 2.05) is 12.1 Å². The van der Waals surface area contributed by atoms with Crippen LogP contribution in [0.25, 0.3) is 32.4 Å². The number of amides is 2. The molecule has 5 aromatic rings. The molecule has 3 aliphatic heterocycles. The molecular formula is C43H48FN9O4S2. The van der Waals surface area contributed by atoms with Crippen molar-refractivity contribution in [3.05, 3.63) is 95.6 Å². The van der Waals surface area contributed by atoms with Crippen molar-refractivity contribution < 1.29 is 22.4 Å². The molecule has 2 atom stereocenters. The van der Waals surface area contributed by atoms with Gasteiger partial charge in [0.15, 0.2) is 0 Å².